The standard InChI is InChI=1S/C13H16O/c1-8-4-5-11(6-9(8)2)13(14)12-7-10(12)3/h4-6,10,12H,7H2,1-3H3. The predicted molar refractivity (Wildman–Crippen MR) is 57.5 cm³/mol. The van der Waals surface area contributed by atoms with Crippen molar-refractivity contribution >= 4 is 5.78 Å². The summed E-state index contributed by atoms with van der Waals surface area (Å²) in [5.74, 6) is 1.24. The molecule has 1 nitrogen and oxygen atoms in total. The molecule has 0 N–H and O–H groups in total. The predicted octanol–water partition coefficient (Wildman–Crippen LogP) is 3.14. The van der Waals surface area contributed by atoms with E-state index >= 15 is 0 Å². The average molecular weight is 188 g/mol. The van der Waals surface area contributed by atoms with Gasteiger partial charge in [-0.2, -0.15) is 0 Å². The Bertz CT molecular complexity index is 379. The van der Waals surface area contributed by atoms with Crippen LogP contribution in [-0.4, -0.2) is 5.78 Å². The molecule has 1 aliphatic rings. The topological polar surface area (TPSA) is 17.1 Å². The monoisotopic (exact) mass is 188 g/mol. The molecule has 2 rings (SSSR count). The van der Waals surface area contributed by atoms with E-state index in [9.17, 15) is 4.79 Å². The minimum atomic E-state index is 0.303. The molecule has 1 aromatic carbocycles. The van der Waals surface area contributed by atoms with Crippen LogP contribution in [0.3, 0.4) is 0 Å². The largest absolute Gasteiger partial charge is 0.294 e. The summed E-state index contributed by atoms with van der Waals surface area (Å²) < 4.78 is 0. The van der Waals surface area contributed by atoms with Crippen LogP contribution in [0.4, 0.5) is 0 Å². The van der Waals surface area contributed by atoms with Gasteiger partial charge in [-0.25, -0.2) is 0 Å². The Balaban J connectivity index is 2.24. The van der Waals surface area contributed by atoms with Crippen LogP contribution >= 0.6 is 0 Å². The molecule has 0 amide bonds. The van der Waals surface area contributed by atoms with Gasteiger partial charge in [-0.3, -0.25) is 4.79 Å². The van der Waals surface area contributed by atoms with E-state index in [1.54, 1.807) is 0 Å². The molecule has 0 bridgehead atoms. The molecule has 1 heteroatoms. The van der Waals surface area contributed by atoms with Crippen molar-refractivity contribution in [3.63, 3.8) is 0 Å². The quantitative estimate of drug-likeness (QED) is 0.652. The van der Waals surface area contributed by atoms with Crippen LogP contribution in [0.1, 0.15) is 34.8 Å². The Morgan fingerprint density at radius 1 is 1.29 bits per heavy atom. The fraction of sp³-hybridized carbons (Fsp3) is 0.462. The molecule has 1 fully saturated rings. The highest BCUT2D eigenvalue weighted by Crippen LogP contribution is 2.40. The highest BCUT2D eigenvalue weighted by molar-refractivity contribution is 5.99. The zero-order valence-electron chi connectivity index (χ0n) is 9.00. The molecular formula is C13H16O. The smallest absolute Gasteiger partial charge is 0.166 e. The maximum absolute atomic E-state index is 11.9. The van der Waals surface area contributed by atoms with Crippen molar-refractivity contribution in [1.82, 2.24) is 0 Å². The zero-order valence-corrected chi connectivity index (χ0v) is 9.00. The molecule has 0 aromatic heterocycles. The molecule has 0 spiro atoms. The number of rotatable bonds is 2. The van der Waals surface area contributed by atoms with Gasteiger partial charge in [-0.15, -0.1) is 0 Å². The van der Waals surface area contributed by atoms with E-state index in [-0.39, 0.29) is 0 Å². The average Bonchev–Trinajstić information content (AvgIpc) is 2.86. The molecule has 0 heterocycles. The first-order valence-corrected chi connectivity index (χ1v) is 5.21. The Morgan fingerprint density at radius 3 is 2.43 bits per heavy atom. The van der Waals surface area contributed by atoms with Gasteiger partial charge in [0.15, 0.2) is 5.78 Å². The van der Waals surface area contributed by atoms with Gasteiger partial charge in [0, 0.05) is 11.5 Å². The van der Waals surface area contributed by atoms with Crippen LogP contribution in [0.25, 0.3) is 0 Å². The first-order chi connectivity index (χ1) is 6.59. The van der Waals surface area contributed by atoms with E-state index in [0.29, 0.717) is 17.6 Å². The summed E-state index contributed by atoms with van der Waals surface area (Å²) in [5.41, 5.74) is 3.36. The van der Waals surface area contributed by atoms with E-state index in [1.165, 1.54) is 11.1 Å². The number of hydrogen-bond acceptors (Lipinski definition) is 1. The lowest BCUT2D eigenvalue weighted by atomic mass is 10.0. The molecule has 2 unspecified atom stereocenters. The van der Waals surface area contributed by atoms with Crippen molar-refractivity contribution in [2.45, 2.75) is 27.2 Å². The number of aryl methyl sites for hydroxylation is 2. The van der Waals surface area contributed by atoms with Crippen LogP contribution in [-0.2, 0) is 0 Å². The number of ketones is 1. The van der Waals surface area contributed by atoms with Crippen molar-refractivity contribution in [3.05, 3.63) is 34.9 Å². The molecule has 14 heavy (non-hydrogen) atoms. The normalized spacial score (nSPS) is 24.8. The number of benzene rings is 1. The van der Waals surface area contributed by atoms with E-state index in [4.69, 9.17) is 0 Å². The van der Waals surface area contributed by atoms with E-state index < -0.39 is 0 Å². The van der Waals surface area contributed by atoms with Gasteiger partial charge in [-0.05, 0) is 43.4 Å². The van der Waals surface area contributed by atoms with Gasteiger partial charge in [0.05, 0.1) is 0 Å². The molecule has 1 aromatic rings. The van der Waals surface area contributed by atoms with E-state index in [2.05, 4.69) is 20.8 Å². The summed E-state index contributed by atoms with van der Waals surface area (Å²) in [4.78, 5) is 11.9. The van der Waals surface area contributed by atoms with Crippen molar-refractivity contribution in [1.29, 1.82) is 0 Å². The van der Waals surface area contributed by atoms with Crippen LogP contribution < -0.4 is 0 Å². The van der Waals surface area contributed by atoms with Gasteiger partial charge in [0.25, 0.3) is 0 Å². The molecule has 0 radical (unpaired) electrons. The number of carbonyl (C=O) groups excluding carboxylic acids is 1. The molecular weight excluding hydrogens is 172 g/mol. The van der Waals surface area contributed by atoms with Crippen LogP contribution in [0.15, 0.2) is 18.2 Å². The SMILES string of the molecule is Cc1ccc(C(=O)C2CC2C)cc1C. The molecule has 2 atom stereocenters. The van der Waals surface area contributed by atoms with Crippen molar-refractivity contribution < 1.29 is 4.79 Å². The Kier molecular flexibility index (Phi) is 2.18. The summed E-state index contributed by atoms with van der Waals surface area (Å²) in [6, 6.07) is 6.01. The third kappa shape index (κ3) is 1.59. The Labute approximate surface area is 85.1 Å². The first kappa shape index (κ1) is 9.45. The summed E-state index contributed by atoms with van der Waals surface area (Å²) in [6.07, 6.45) is 1.08. The maximum atomic E-state index is 11.9. The summed E-state index contributed by atoms with van der Waals surface area (Å²) in [5, 5.41) is 0. The summed E-state index contributed by atoms with van der Waals surface area (Å²) >= 11 is 0. The number of hydrogen-bond donors (Lipinski definition) is 0. The lowest BCUT2D eigenvalue weighted by molar-refractivity contribution is 0.0962. The number of carbonyl (C=O) groups is 1. The molecule has 74 valence electrons. The molecule has 0 saturated heterocycles. The van der Waals surface area contributed by atoms with Crippen molar-refractivity contribution in [3.8, 4) is 0 Å². The Hall–Kier alpha value is -1.11. The van der Waals surface area contributed by atoms with Gasteiger partial charge in [0.1, 0.15) is 0 Å². The van der Waals surface area contributed by atoms with Crippen molar-refractivity contribution in [2.75, 3.05) is 0 Å². The maximum Gasteiger partial charge on any atom is 0.166 e. The summed E-state index contributed by atoms with van der Waals surface area (Å²) in [6.45, 7) is 6.27. The van der Waals surface area contributed by atoms with Gasteiger partial charge in [-0.1, -0.05) is 19.1 Å². The van der Waals surface area contributed by atoms with Crippen molar-refractivity contribution in [2.24, 2.45) is 11.8 Å². The zero-order chi connectivity index (χ0) is 10.3. The van der Waals surface area contributed by atoms with Gasteiger partial charge < -0.3 is 0 Å². The molecule has 0 aliphatic heterocycles. The Morgan fingerprint density at radius 2 is 1.93 bits per heavy atom. The highest BCUT2D eigenvalue weighted by Gasteiger charge is 2.39. The van der Waals surface area contributed by atoms with Gasteiger partial charge in [0.2, 0.25) is 0 Å². The molecule has 1 saturated carbocycles. The molecule has 1 aliphatic carbocycles. The second kappa shape index (κ2) is 3.23. The second-order valence-corrected chi connectivity index (χ2v) is 4.48. The second-order valence-electron chi connectivity index (χ2n) is 4.48. The van der Waals surface area contributed by atoms with Crippen LogP contribution in [0, 0.1) is 25.7 Å². The highest BCUT2D eigenvalue weighted by atomic mass is 16.1. The fourth-order valence-corrected chi connectivity index (χ4v) is 1.80. The minimum absolute atomic E-state index is 0.303. The minimum Gasteiger partial charge on any atom is -0.294 e. The fourth-order valence-electron chi connectivity index (χ4n) is 1.80. The van der Waals surface area contributed by atoms with Gasteiger partial charge >= 0.3 is 0 Å². The van der Waals surface area contributed by atoms with Crippen LogP contribution in [0.5, 0.6) is 0 Å². The third-order valence-corrected chi connectivity index (χ3v) is 3.24. The summed E-state index contributed by atoms with van der Waals surface area (Å²) in [7, 11) is 0. The lowest BCUT2D eigenvalue weighted by Gasteiger charge is -2.03. The van der Waals surface area contributed by atoms with Crippen LogP contribution in [0.2, 0.25) is 0 Å². The van der Waals surface area contributed by atoms with E-state index in [1.807, 2.05) is 18.2 Å². The lowest BCUT2D eigenvalue weighted by Crippen LogP contribution is -2.03. The van der Waals surface area contributed by atoms with E-state index in [0.717, 1.165) is 12.0 Å². The number of Topliss-reactive ketones (excluding diaryl/α,β-unsaturated/α-hetero) is 1. The third-order valence-electron chi connectivity index (χ3n) is 3.24. The first-order valence-electron chi connectivity index (χ1n) is 5.21.